The van der Waals surface area contributed by atoms with E-state index in [0.717, 1.165) is 0 Å². The highest BCUT2D eigenvalue weighted by molar-refractivity contribution is 6.10. The number of hydrogen-bond acceptors (Lipinski definition) is 4. The maximum atomic E-state index is 14.0. The highest BCUT2D eigenvalue weighted by atomic mass is 19.1. The number of nitrogens with zero attached hydrogens (tertiary/aromatic N) is 2. The van der Waals surface area contributed by atoms with Crippen molar-refractivity contribution in [2.75, 3.05) is 5.32 Å². The molecule has 0 saturated carbocycles. The zero-order chi connectivity index (χ0) is 19.0. The molecule has 27 heavy (non-hydrogen) atoms. The third kappa shape index (κ3) is 2.91. The Hall–Kier alpha value is -4.01. The summed E-state index contributed by atoms with van der Waals surface area (Å²) in [6.07, 6.45) is 1.32. The van der Waals surface area contributed by atoms with Crippen LogP contribution in [-0.4, -0.2) is 32.2 Å². The van der Waals surface area contributed by atoms with Gasteiger partial charge in [-0.3, -0.25) is 19.8 Å². The van der Waals surface area contributed by atoms with Crippen molar-refractivity contribution in [3.8, 4) is 11.3 Å². The first kappa shape index (κ1) is 16.5. The summed E-state index contributed by atoms with van der Waals surface area (Å²) < 4.78 is 14.0. The van der Waals surface area contributed by atoms with Gasteiger partial charge in [0, 0.05) is 16.6 Å². The van der Waals surface area contributed by atoms with E-state index in [4.69, 9.17) is 5.73 Å². The molecule has 0 aliphatic rings. The third-order valence-electron chi connectivity index (χ3n) is 4.08. The number of primary amides is 1. The standard InChI is InChI=1S/C18H13FN6O2/c19-13-4-2-1-3-10(13)15-12(8-21-24-15)18(27)22-9-5-6-14-11(7-9)16(17(20)26)25-23-14/h1-8H,(H2,20,26)(H,21,24)(H,22,27)(H,23,25). The lowest BCUT2D eigenvalue weighted by atomic mass is 10.1. The van der Waals surface area contributed by atoms with E-state index in [-0.39, 0.29) is 22.5 Å². The lowest BCUT2D eigenvalue weighted by Gasteiger charge is -2.07. The van der Waals surface area contributed by atoms with Crippen molar-refractivity contribution in [3.05, 3.63) is 65.7 Å². The number of benzene rings is 2. The lowest BCUT2D eigenvalue weighted by molar-refractivity contribution is 0.0995. The Morgan fingerprint density at radius 2 is 1.93 bits per heavy atom. The van der Waals surface area contributed by atoms with Gasteiger partial charge in [0.15, 0.2) is 5.69 Å². The Kier molecular flexibility index (Phi) is 3.88. The number of nitrogens with one attached hydrogen (secondary N) is 3. The SMILES string of the molecule is NC(=O)c1n[nH]c2ccc(NC(=O)c3cn[nH]c3-c3ccccc3F)cc12. The van der Waals surface area contributed by atoms with E-state index in [9.17, 15) is 14.0 Å². The van der Waals surface area contributed by atoms with E-state index in [1.54, 1.807) is 36.4 Å². The van der Waals surface area contributed by atoms with Gasteiger partial charge in [-0.1, -0.05) is 12.1 Å². The third-order valence-corrected chi connectivity index (χ3v) is 4.08. The molecule has 0 aliphatic heterocycles. The quantitative estimate of drug-likeness (QED) is 0.443. The number of halogens is 1. The average molecular weight is 364 g/mol. The Balaban J connectivity index is 1.67. The molecular formula is C18H13FN6O2. The number of H-pyrrole nitrogens is 2. The number of fused-ring (bicyclic) bond motifs is 1. The highest BCUT2D eigenvalue weighted by Gasteiger charge is 2.18. The summed E-state index contributed by atoms with van der Waals surface area (Å²) in [7, 11) is 0. The molecule has 0 fully saturated rings. The number of nitrogens with two attached hydrogens (primary N) is 1. The second kappa shape index (κ2) is 6.37. The topological polar surface area (TPSA) is 130 Å². The van der Waals surface area contributed by atoms with Crippen molar-refractivity contribution < 1.29 is 14.0 Å². The van der Waals surface area contributed by atoms with Crippen LogP contribution < -0.4 is 11.1 Å². The summed E-state index contributed by atoms with van der Waals surface area (Å²) in [5.74, 6) is -1.63. The molecule has 0 radical (unpaired) electrons. The van der Waals surface area contributed by atoms with Crippen molar-refractivity contribution >= 4 is 28.4 Å². The molecule has 0 spiro atoms. The van der Waals surface area contributed by atoms with Crippen LogP contribution in [-0.2, 0) is 0 Å². The van der Waals surface area contributed by atoms with Crippen LogP contribution >= 0.6 is 0 Å². The molecule has 5 N–H and O–H groups in total. The molecule has 0 bridgehead atoms. The molecule has 0 atom stereocenters. The van der Waals surface area contributed by atoms with Gasteiger partial charge in [-0.2, -0.15) is 10.2 Å². The fraction of sp³-hybridized carbons (Fsp3) is 0. The lowest BCUT2D eigenvalue weighted by Crippen LogP contribution is -2.13. The van der Waals surface area contributed by atoms with E-state index in [0.29, 0.717) is 16.6 Å². The predicted octanol–water partition coefficient (Wildman–Crippen LogP) is 2.44. The van der Waals surface area contributed by atoms with Crippen LogP contribution in [0.3, 0.4) is 0 Å². The smallest absolute Gasteiger partial charge is 0.269 e. The fourth-order valence-corrected chi connectivity index (χ4v) is 2.81. The predicted molar refractivity (Wildman–Crippen MR) is 96.5 cm³/mol. The Labute approximate surface area is 151 Å². The molecule has 2 heterocycles. The molecule has 0 saturated heterocycles. The first-order chi connectivity index (χ1) is 13.0. The molecule has 2 aromatic carbocycles. The summed E-state index contributed by atoms with van der Waals surface area (Å²) in [6.45, 7) is 0. The van der Waals surface area contributed by atoms with Crippen molar-refractivity contribution in [1.82, 2.24) is 20.4 Å². The average Bonchev–Trinajstić information content (AvgIpc) is 3.28. The van der Waals surface area contributed by atoms with Crippen LogP contribution in [0.1, 0.15) is 20.8 Å². The first-order valence-electron chi connectivity index (χ1n) is 7.92. The largest absolute Gasteiger partial charge is 0.364 e. The minimum absolute atomic E-state index is 0.0801. The zero-order valence-electron chi connectivity index (χ0n) is 13.8. The van der Waals surface area contributed by atoms with Gasteiger partial charge < -0.3 is 11.1 Å². The van der Waals surface area contributed by atoms with Gasteiger partial charge in [0.1, 0.15) is 5.82 Å². The monoisotopic (exact) mass is 364 g/mol. The minimum atomic E-state index is -0.679. The van der Waals surface area contributed by atoms with Gasteiger partial charge in [-0.25, -0.2) is 4.39 Å². The van der Waals surface area contributed by atoms with Gasteiger partial charge in [0.25, 0.3) is 11.8 Å². The number of amides is 2. The van der Waals surface area contributed by atoms with E-state index in [1.807, 2.05) is 0 Å². The van der Waals surface area contributed by atoms with E-state index in [2.05, 4.69) is 25.7 Å². The number of carbonyl (C=O) groups is 2. The van der Waals surface area contributed by atoms with Crippen LogP contribution in [0.25, 0.3) is 22.2 Å². The molecule has 0 aliphatic carbocycles. The first-order valence-corrected chi connectivity index (χ1v) is 7.92. The van der Waals surface area contributed by atoms with Crippen LogP contribution in [0.4, 0.5) is 10.1 Å². The molecule has 4 rings (SSSR count). The maximum absolute atomic E-state index is 14.0. The van der Waals surface area contributed by atoms with Crippen LogP contribution in [0, 0.1) is 5.82 Å². The molecule has 2 aromatic heterocycles. The molecular weight excluding hydrogens is 351 g/mol. The van der Waals surface area contributed by atoms with Crippen molar-refractivity contribution in [3.63, 3.8) is 0 Å². The van der Waals surface area contributed by atoms with Gasteiger partial charge >= 0.3 is 0 Å². The number of aromatic nitrogens is 4. The second-order valence-corrected chi connectivity index (χ2v) is 5.79. The molecule has 8 nitrogen and oxygen atoms in total. The van der Waals surface area contributed by atoms with Crippen LogP contribution in [0.15, 0.2) is 48.7 Å². The molecule has 4 aromatic rings. The number of rotatable bonds is 4. The molecule has 2 amide bonds. The molecule has 9 heteroatoms. The number of anilines is 1. The normalized spacial score (nSPS) is 10.9. The van der Waals surface area contributed by atoms with Crippen LogP contribution in [0.5, 0.6) is 0 Å². The summed E-state index contributed by atoms with van der Waals surface area (Å²) in [6, 6.07) is 11.0. The summed E-state index contributed by atoms with van der Waals surface area (Å²) in [4.78, 5) is 24.1. The second-order valence-electron chi connectivity index (χ2n) is 5.79. The Morgan fingerprint density at radius 1 is 1.11 bits per heavy atom. The number of aromatic amines is 2. The van der Waals surface area contributed by atoms with E-state index < -0.39 is 17.6 Å². The van der Waals surface area contributed by atoms with Crippen molar-refractivity contribution in [2.24, 2.45) is 5.73 Å². The molecule has 134 valence electrons. The summed E-state index contributed by atoms with van der Waals surface area (Å²) in [5.41, 5.74) is 7.10. The Morgan fingerprint density at radius 3 is 2.70 bits per heavy atom. The zero-order valence-corrected chi connectivity index (χ0v) is 13.8. The van der Waals surface area contributed by atoms with Crippen molar-refractivity contribution in [2.45, 2.75) is 0 Å². The van der Waals surface area contributed by atoms with E-state index >= 15 is 0 Å². The van der Waals surface area contributed by atoms with Crippen LogP contribution in [0.2, 0.25) is 0 Å². The number of carbonyl (C=O) groups excluding carboxylic acids is 2. The number of hydrogen-bond donors (Lipinski definition) is 4. The Bertz CT molecular complexity index is 1180. The summed E-state index contributed by atoms with van der Waals surface area (Å²) in [5, 5.41) is 16.3. The fourth-order valence-electron chi connectivity index (χ4n) is 2.81. The van der Waals surface area contributed by atoms with Gasteiger partial charge in [-0.05, 0) is 30.3 Å². The maximum Gasteiger partial charge on any atom is 0.269 e. The van der Waals surface area contributed by atoms with Crippen molar-refractivity contribution in [1.29, 1.82) is 0 Å². The van der Waals surface area contributed by atoms with Gasteiger partial charge in [-0.15, -0.1) is 0 Å². The van der Waals surface area contributed by atoms with E-state index in [1.165, 1.54) is 12.3 Å². The minimum Gasteiger partial charge on any atom is -0.364 e. The molecule has 0 unspecified atom stereocenters. The summed E-state index contributed by atoms with van der Waals surface area (Å²) >= 11 is 0. The van der Waals surface area contributed by atoms with Gasteiger partial charge in [0.2, 0.25) is 0 Å². The van der Waals surface area contributed by atoms with Gasteiger partial charge in [0.05, 0.1) is 23.0 Å². The highest BCUT2D eigenvalue weighted by Crippen LogP contribution is 2.25.